The van der Waals surface area contributed by atoms with Crippen molar-refractivity contribution in [3.63, 3.8) is 0 Å². The number of hydrogen-bond acceptors (Lipinski definition) is 3. The molecule has 0 aromatic carbocycles. The van der Waals surface area contributed by atoms with E-state index in [2.05, 4.69) is 33.8 Å². The summed E-state index contributed by atoms with van der Waals surface area (Å²) in [4.78, 5) is 9.76. The lowest BCUT2D eigenvalue weighted by Gasteiger charge is -2.26. The molecule has 1 aromatic rings. The quantitative estimate of drug-likeness (QED) is 0.814. The van der Waals surface area contributed by atoms with E-state index < -0.39 is 0 Å². The van der Waals surface area contributed by atoms with Gasteiger partial charge in [-0.15, -0.1) is 0 Å². The lowest BCUT2D eigenvalue weighted by atomic mass is 10.1. The molecule has 2 saturated heterocycles. The van der Waals surface area contributed by atoms with Gasteiger partial charge in [0.15, 0.2) is 0 Å². The van der Waals surface area contributed by atoms with E-state index >= 15 is 0 Å². The third kappa shape index (κ3) is 3.08. The third-order valence-electron chi connectivity index (χ3n) is 4.57. The van der Waals surface area contributed by atoms with Gasteiger partial charge in [0.25, 0.3) is 0 Å². The molecule has 1 atom stereocenters. The molecule has 1 unspecified atom stereocenters. The van der Waals surface area contributed by atoms with Crippen molar-refractivity contribution in [3.05, 3.63) is 23.9 Å². The van der Waals surface area contributed by atoms with Crippen LogP contribution in [0.3, 0.4) is 0 Å². The van der Waals surface area contributed by atoms with E-state index in [-0.39, 0.29) is 0 Å². The molecule has 3 rings (SSSR count). The van der Waals surface area contributed by atoms with Crippen LogP contribution in [-0.4, -0.2) is 42.1 Å². The van der Waals surface area contributed by atoms with Crippen molar-refractivity contribution in [2.75, 3.05) is 31.1 Å². The second kappa shape index (κ2) is 5.91. The van der Waals surface area contributed by atoms with E-state index in [0.717, 1.165) is 18.4 Å². The molecule has 1 aromatic heterocycles. The monoisotopic (exact) mass is 259 g/mol. The van der Waals surface area contributed by atoms with Crippen LogP contribution in [0, 0.1) is 6.92 Å². The fraction of sp³-hybridized carbons (Fsp3) is 0.688. The summed E-state index contributed by atoms with van der Waals surface area (Å²) >= 11 is 0. The van der Waals surface area contributed by atoms with Crippen LogP contribution < -0.4 is 4.90 Å². The van der Waals surface area contributed by atoms with Gasteiger partial charge in [-0.2, -0.15) is 0 Å². The van der Waals surface area contributed by atoms with Crippen LogP contribution in [0.15, 0.2) is 18.3 Å². The highest BCUT2D eigenvalue weighted by atomic mass is 15.2. The first-order valence-corrected chi connectivity index (χ1v) is 7.74. The Hall–Kier alpha value is -1.09. The average Bonchev–Trinajstić information content (AvgIpc) is 2.85. The maximum absolute atomic E-state index is 4.58. The number of hydrogen-bond donors (Lipinski definition) is 0. The molecule has 19 heavy (non-hydrogen) atoms. The summed E-state index contributed by atoms with van der Waals surface area (Å²) in [6, 6.07) is 5.16. The normalized spacial score (nSPS) is 25.5. The SMILES string of the molecule is Cc1ccc(N2CCCC(N3CCCC3)CC2)nc1. The standard InChI is InChI=1S/C16H25N3/c1-14-6-7-16(17-13-14)19-11-4-5-15(8-12-19)18-9-2-3-10-18/h6-7,13,15H,2-5,8-12H2,1H3. The summed E-state index contributed by atoms with van der Waals surface area (Å²) in [5, 5.41) is 0. The van der Waals surface area contributed by atoms with Crippen molar-refractivity contribution in [3.8, 4) is 0 Å². The van der Waals surface area contributed by atoms with Crippen LogP contribution in [0.1, 0.15) is 37.7 Å². The van der Waals surface area contributed by atoms with E-state index in [4.69, 9.17) is 0 Å². The van der Waals surface area contributed by atoms with Gasteiger partial charge in [0.05, 0.1) is 0 Å². The number of aryl methyl sites for hydroxylation is 1. The van der Waals surface area contributed by atoms with Crippen molar-refractivity contribution < 1.29 is 0 Å². The molecular weight excluding hydrogens is 234 g/mol. The van der Waals surface area contributed by atoms with Crippen molar-refractivity contribution in [1.82, 2.24) is 9.88 Å². The van der Waals surface area contributed by atoms with Gasteiger partial charge in [-0.25, -0.2) is 4.98 Å². The van der Waals surface area contributed by atoms with Gasteiger partial charge in [-0.05, 0) is 63.7 Å². The smallest absolute Gasteiger partial charge is 0.128 e. The number of likely N-dealkylation sites (tertiary alicyclic amines) is 1. The number of rotatable bonds is 2. The maximum Gasteiger partial charge on any atom is 0.128 e. The average molecular weight is 259 g/mol. The van der Waals surface area contributed by atoms with E-state index in [1.54, 1.807) is 0 Å². The molecule has 0 spiro atoms. The molecule has 2 fully saturated rings. The molecular formula is C16H25N3. The summed E-state index contributed by atoms with van der Waals surface area (Å²) in [6.45, 7) is 7.08. The van der Waals surface area contributed by atoms with E-state index in [0.29, 0.717) is 0 Å². The van der Waals surface area contributed by atoms with Crippen LogP contribution in [0.2, 0.25) is 0 Å². The van der Waals surface area contributed by atoms with Crippen LogP contribution in [0.4, 0.5) is 5.82 Å². The first kappa shape index (κ1) is 12.9. The number of nitrogens with zero attached hydrogens (tertiary/aromatic N) is 3. The Morgan fingerprint density at radius 3 is 2.58 bits per heavy atom. The number of pyridine rings is 1. The first-order chi connectivity index (χ1) is 9.33. The largest absolute Gasteiger partial charge is 0.357 e. The lowest BCUT2D eigenvalue weighted by molar-refractivity contribution is 0.225. The Labute approximate surface area is 116 Å². The molecule has 0 N–H and O–H groups in total. The fourth-order valence-electron chi connectivity index (χ4n) is 3.43. The zero-order valence-corrected chi connectivity index (χ0v) is 12.0. The highest BCUT2D eigenvalue weighted by Crippen LogP contribution is 2.23. The molecule has 3 nitrogen and oxygen atoms in total. The molecule has 0 radical (unpaired) electrons. The van der Waals surface area contributed by atoms with Crippen LogP contribution in [0.25, 0.3) is 0 Å². The van der Waals surface area contributed by atoms with Gasteiger partial charge in [-0.3, -0.25) is 0 Å². The molecule has 2 aliphatic heterocycles. The minimum atomic E-state index is 0.818. The van der Waals surface area contributed by atoms with Crippen LogP contribution >= 0.6 is 0 Å². The molecule has 0 amide bonds. The minimum absolute atomic E-state index is 0.818. The number of anilines is 1. The fourth-order valence-corrected chi connectivity index (χ4v) is 3.43. The van der Waals surface area contributed by atoms with E-state index in [9.17, 15) is 0 Å². The predicted molar refractivity (Wildman–Crippen MR) is 79.6 cm³/mol. The van der Waals surface area contributed by atoms with E-state index in [1.807, 2.05) is 6.20 Å². The molecule has 0 bridgehead atoms. The minimum Gasteiger partial charge on any atom is -0.357 e. The third-order valence-corrected chi connectivity index (χ3v) is 4.57. The van der Waals surface area contributed by atoms with Gasteiger partial charge < -0.3 is 9.80 Å². The molecule has 3 heteroatoms. The summed E-state index contributed by atoms with van der Waals surface area (Å²) in [6.07, 6.45) is 8.76. The van der Waals surface area contributed by atoms with Crippen molar-refractivity contribution in [2.45, 2.75) is 45.1 Å². The first-order valence-electron chi connectivity index (χ1n) is 7.74. The van der Waals surface area contributed by atoms with Gasteiger partial charge in [0.2, 0.25) is 0 Å². The molecule has 0 saturated carbocycles. The highest BCUT2D eigenvalue weighted by Gasteiger charge is 2.24. The topological polar surface area (TPSA) is 19.4 Å². The highest BCUT2D eigenvalue weighted by molar-refractivity contribution is 5.39. The Morgan fingerprint density at radius 1 is 1.00 bits per heavy atom. The Balaban J connectivity index is 1.62. The van der Waals surface area contributed by atoms with Crippen LogP contribution in [-0.2, 0) is 0 Å². The predicted octanol–water partition coefficient (Wildman–Crippen LogP) is 2.84. The summed E-state index contributed by atoms with van der Waals surface area (Å²) < 4.78 is 0. The second-order valence-corrected chi connectivity index (χ2v) is 6.01. The Bertz CT molecular complexity index is 395. The molecule has 2 aliphatic rings. The summed E-state index contributed by atoms with van der Waals surface area (Å²) in [5.74, 6) is 1.16. The Kier molecular flexibility index (Phi) is 4.02. The van der Waals surface area contributed by atoms with Gasteiger partial charge in [0.1, 0.15) is 5.82 Å². The second-order valence-electron chi connectivity index (χ2n) is 6.01. The van der Waals surface area contributed by atoms with Crippen molar-refractivity contribution >= 4 is 5.82 Å². The molecule has 0 aliphatic carbocycles. The van der Waals surface area contributed by atoms with Crippen LogP contribution in [0.5, 0.6) is 0 Å². The van der Waals surface area contributed by atoms with Gasteiger partial charge in [-0.1, -0.05) is 6.07 Å². The lowest BCUT2D eigenvalue weighted by Crippen LogP contribution is -2.34. The molecule has 104 valence electrons. The van der Waals surface area contributed by atoms with Crippen molar-refractivity contribution in [2.24, 2.45) is 0 Å². The number of aromatic nitrogens is 1. The summed E-state index contributed by atoms with van der Waals surface area (Å²) in [5.41, 5.74) is 1.24. The Morgan fingerprint density at radius 2 is 1.84 bits per heavy atom. The summed E-state index contributed by atoms with van der Waals surface area (Å²) in [7, 11) is 0. The van der Waals surface area contributed by atoms with Gasteiger partial charge in [0, 0.05) is 25.3 Å². The zero-order chi connectivity index (χ0) is 13.1. The molecule has 3 heterocycles. The van der Waals surface area contributed by atoms with E-state index in [1.165, 1.54) is 57.3 Å². The zero-order valence-electron chi connectivity index (χ0n) is 12.0. The van der Waals surface area contributed by atoms with Crippen molar-refractivity contribution in [1.29, 1.82) is 0 Å². The van der Waals surface area contributed by atoms with Gasteiger partial charge >= 0.3 is 0 Å². The maximum atomic E-state index is 4.58.